The van der Waals surface area contributed by atoms with Gasteiger partial charge in [-0.25, -0.2) is 9.78 Å². The molecule has 0 aliphatic carbocycles. The van der Waals surface area contributed by atoms with Gasteiger partial charge in [-0.2, -0.15) is 14.9 Å². The van der Waals surface area contributed by atoms with E-state index in [-0.39, 0.29) is 0 Å². The minimum atomic E-state index is -0.590. The number of aromatic nitrogens is 3. The lowest BCUT2D eigenvalue weighted by Crippen LogP contribution is -2.28. The van der Waals surface area contributed by atoms with Crippen LogP contribution in [0.25, 0.3) is 5.65 Å². The van der Waals surface area contributed by atoms with Gasteiger partial charge in [-0.1, -0.05) is 0 Å². The molecule has 1 N–H and O–H groups in total. The number of hydrogen-bond acceptors (Lipinski definition) is 5. The van der Waals surface area contributed by atoms with Crippen LogP contribution in [0.3, 0.4) is 0 Å². The van der Waals surface area contributed by atoms with Gasteiger partial charge in [0.1, 0.15) is 23.1 Å². The van der Waals surface area contributed by atoms with Crippen molar-refractivity contribution in [3.8, 4) is 6.07 Å². The Kier molecular flexibility index (Phi) is 3.32. The third-order valence-electron chi connectivity index (χ3n) is 2.35. The van der Waals surface area contributed by atoms with Crippen LogP contribution in [0.4, 0.5) is 10.6 Å². The molecular weight excluding hydrogens is 258 g/mol. The molecule has 0 saturated heterocycles. The summed E-state index contributed by atoms with van der Waals surface area (Å²) < 4.78 is 6.59. The minimum Gasteiger partial charge on any atom is -0.444 e. The van der Waals surface area contributed by atoms with E-state index in [0.717, 1.165) is 0 Å². The summed E-state index contributed by atoms with van der Waals surface area (Å²) in [4.78, 5) is 16.0. The molecule has 0 bridgehead atoms. The minimum absolute atomic E-state index is 0.348. The van der Waals surface area contributed by atoms with Crippen molar-refractivity contribution >= 4 is 17.6 Å². The number of anilines is 1. The highest BCUT2D eigenvalue weighted by atomic mass is 16.6. The molecule has 104 valence electrons. The van der Waals surface area contributed by atoms with Crippen molar-refractivity contribution in [2.75, 3.05) is 5.32 Å². The van der Waals surface area contributed by atoms with Gasteiger partial charge in [0, 0.05) is 11.8 Å². The van der Waals surface area contributed by atoms with Crippen LogP contribution in [-0.2, 0) is 4.74 Å². The number of amides is 1. The van der Waals surface area contributed by atoms with Crippen LogP contribution in [0.1, 0.15) is 32.0 Å². The maximum atomic E-state index is 11.8. The summed E-state index contributed by atoms with van der Waals surface area (Å²) in [5.41, 5.74) is 0.827. The van der Waals surface area contributed by atoms with E-state index in [9.17, 15) is 4.79 Å². The van der Waals surface area contributed by atoms with E-state index in [1.54, 1.807) is 33.8 Å². The topological polar surface area (TPSA) is 92.3 Å². The highest BCUT2D eigenvalue weighted by Gasteiger charge is 2.18. The molecule has 2 aromatic heterocycles. The number of ether oxygens (including phenoxy) is 1. The molecule has 0 aliphatic rings. The second-order valence-corrected chi connectivity index (χ2v) is 5.32. The Labute approximate surface area is 116 Å². The van der Waals surface area contributed by atoms with Crippen LogP contribution in [0.2, 0.25) is 0 Å². The summed E-state index contributed by atoms with van der Waals surface area (Å²) in [5.74, 6) is 0.406. The summed E-state index contributed by atoms with van der Waals surface area (Å²) in [6.45, 7) is 7.11. The first-order valence-electron chi connectivity index (χ1n) is 6.05. The van der Waals surface area contributed by atoms with Crippen molar-refractivity contribution in [3.05, 3.63) is 23.5 Å². The zero-order valence-corrected chi connectivity index (χ0v) is 11.8. The van der Waals surface area contributed by atoms with Crippen molar-refractivity contribution in [1.29, 1.82) is 5.26 Å². The largest absolute Gasteiger partial charge is 0.444 e. The first-order valence-corrected chi connectivity index (χ1v) is 6.05. The number of carbonyl (C=O) groups is 1. The summed E-state index contributed by atoms with van der Waals surface area (Å²) in [5, 5.41) is 15.6. The monoisotopic (exact) mass is 273 g/mol. The highest BCUT2D eigenvalue weighted by Crippen LogP contribution is 2.16. The second kappa shape index (κ2) is 4.81. The van der Waals surface area contributed by atoms with Crippen LogP contribution >= 0.6 is 0 Å². The molecule has 0 fully saturated rings. The van der Waals surface area contributed by atoms with Gasteiger partial charge in [-0.05, 0) is 27.7 Å². The van der Waals surface area contributed by atoms with Gasteiger partial charge < -0.3 is 4.74 Å². The van der Waals surface area contributed by atoms with E-state index in [1.807, 2.05) is 6.07 Å². The molecule has 1 amide bonds. The number of aryl methyl sites for hydroxylation is 1. The van der Waals surface area contributed by atoms with Crippen molar-refractivity contribution in [3.63, 3.8) is 0 Å². The van der Waals surface area contributed by atoms with E-state index < -0.39 is 11.7 Å². The van der Waals surface area contributed by atoms with E-state index in [4.69, 9.17) is 10.00 Å². The lowest BCUT2D eigenvalue weighted by molar-refractivity contribution is 0.0635. The zero-order valence-electron chi connectivity index (χ0n) is 11.8. The molecule has 2 rings (SSSR count). The van der Waals surface area contributed by atoms with Crippen LogP contribution in [-0.4, -0.2) is 26.3 Å². The van der Waals surface area contributed by atoms with Gasteiger partial charge in [0.05, 0.1) is 6.20 Å². The first kappa shape index (κ1) is 13.8. The number of nitrogens with one attached hydrogen (secondary N) is 1. The Hall–Kier alpha value is -2.62. The van der Waals surface area contributed by atoms with Crippen LogP contribution in [0, 0.1) is 18.3 Å². The van der Waals surface area contributed by atoms with Crippen molar-refractivity contribution in [2.24, 2.45) is 0 Å². The SMILES string of the molecule is Cc1cc(NC(=O)OC(C)(C)C)n2ncc(C#N)c2n1. The maximum absolute atomic E-state index is 11.8. The van der Waals surface area contributed by atoms with Crippen LogP contribution in [0.5, 0.6) is 0 Å². The molecule has 0 atom stereocenters. The molecule has 2 aromatic rings. The lowest BCUT2D eigenvalue weighted by atomic mass is 10.2. The van der Waals surface area contributed by atoms with Gasteiger partial charge in [0.2, 0.25) is 0 Å². The van der Waals surface area contributed by atoms with E-state index in [2.05, 4.69) is 15.4 Å². The van der Waals surface area contributed by atoms with Gasteiger partial charge in [-0.15, -0.1) is 0 Å². The normalized spacial score (nSPS) is 11.2. The standard InChI is InChI=1S/C13H15N5O2/c1-8-5-10(17-12(19)20-13(2,3)4)18-11(16-8)9(6-14)7-15-18/h5,7H,1-4H3,(H,17,19). The molecule has 0 aromatic carbocycles. The third-order valence-corrected chi connectivity index (χ3v) is 2.35. The Morgan fingerprint density at radius 1 is 1.50 bits per heavy atom. The summed E-state index contributed by atoms with van der Waals surface area (Å²) in [6.07, 6.45) is 0.820. The molecule has 0 saturated carbocycles. The Morgan fingerprint density at radius 2 is 2.20 bits per heavy atom. The molecule has 0 spiro atoms. The highest BCUT2D eigenvalue weighted by molar-refractivity contribution is 5.84. The summed E-state index contributed by atoms with van der Waals surface area (Å²) in [7, 11) is 0. The molecule has 7 nitrogen and oxygen atoms in total. The van der Waals surface area contributed by atoms with Crippen molar-refractivity contribution in [2.45, 2.75) is 33.3 Å². The third kappa shape index (κ3) is 2.85. The number of nitriles is 1. The summed E-state index contributed by atoms with van der Waals surface area (Å²) >= 11 is 0. The molecule has 7 heteroatoms. The number of carbonyl (C=O) groups excluding carboxylic acids is 1. The Balaban J connectivity index is 2.38. The Bertz CT molecular complexity index is 706. The number of rotatable bonds is 1. The van der Waals surface area contributed by atoms with Crippen LogP contribution < -0.4 is 5.32 Å². The number of fused-ring (bicyclic) bond motifs is 1. The van der Waals surface area contributed by atoms with Crippen molar-refractivity contribution < 1.29 is 9.53 Å². The Morgan fingerprint density at radius 3 is 2.80 bits per heavy atom. The fourth-order valence-corrected chi connectivity index (χ4v) is 1.66. The van der Waals surface area contributed by atoms with Gasteiger partial charge >= 0.3 is 6.09 Å². The van der Waals surface area contributed by atoms with Gasteiger partial charge in [0.25, 0.3) is 0 Å². The molecule has 2 heterocycles. The molecular formula is C13H15N5O2. The van der Waals surface area contributed by atoms with E-state index in [1.165, 1.54) is 10.7 Å². The molecule has 0 unspecified atom stereocenters. The van der Waals surface area contributed by atoms with Crippen LogP contribution in [0.15, 0.2) is 12.3 Å². The average Bonchev–Trinajstić information content (AvgIpc) is 2.69. The fourth-order valence-electron chi connectivity index (χ4n) is 1.66. The molecule has 0 aliphatic heterocycles. The van der Waals surface area contributed by atoms with E-state index >= 15 is 0 Å². The predicted molar refractivity (Wildman–Crippen MR) is 72.3 cm³/mol. The smallest absolute Gasteiger partial charge is 0.413 e. The van der Waals surface area contributed by atoms with E-state index in [0.29, 0.717) is 22.7 Å². The maximum Gasteiger partial charge on any atom is 0.413 e. The quantitative estimate of drug-likeness (QED) is 0.860. The first-order chi connectivity index (χ1) is 9.30. The predicted octanol–water partition coefficient (Wildman–Crippen LogP) is 2.26. The lowest BCUT2D eigenvalue weighted by Gasteiger charge is -2.19. The van der Waals surface area contributed by atoms with Gasteiger partial charge in [0.15, 0.2) is 5.65 Å². The van der Waals surface area contributed by atoms with Gasteiger partial charge in [-0.3, -0.25) is 5.32 Å². The number of nitrogens with zero attached hydrogens (tertiary/aromatic N) is 4. The van der Waals surface area contributed by atoms with Crippen molar-refractivity contribution in [1.82, 2.24) is 14.6 Å². The number of hydrogen-bond donors (Lipinski definition) is 1. The zero-order chi connectivity index (χ0) is 14.9. The second-order valence-electron chi connectivity index (χ2n) is 5.32. The molecule has 0 radical (unpaired) electrons. The summed E-state index contributed by atoms with van der Waals surface area (Å²) in [6, 6.07) is 3.66. The fraction of sp³-hybridized carbons (Fsp3) is 0.385. The molecule has 20 heavy (non-hydrogen) atoms. The average molecular weight is 273 g/mol.